The maximum atomic E-state index is 9.49. The van der Waals surface area contributed by atoms with Crippen LogP contribution in [0.4, 0.5) is 0 Å². The fraction of sp³-hybridized carbons (Fsp3) is 1.00. The van der Waals surface area contributed by atoms with Gasteiger partial charge in [0.25, 0.3) is 0 Å². The van der Waals surface area contributed by atoms with Gasteiger partial charge < -0.3 is 21.1 Å². The summed E-state index contributed by atoms with van der Waals surface area (Å²) >= 11 is 0. The molecule has 0 radical (unpaired) electrons. The molecule has 0 aromatic rings. The third kappa shape index (κ3) is 0.992. The number of hydrogen-bond donors (Lipinski definition) is 4. The van der Waals surface area contributed by atoms with Crippen molar-refractivity contribution in [3.8, 4) is 0 Å². The molecule has 70 valence electrons. The largest absolute Gasteiger partial charge is 0.390 e. The fourth-order valence-corrected chi connectivity index (χ4v) is 2.64. The Morgan fingerprint density at radius 2 is 1.25 bits per heavy atom. The van der Waals surface area contributed by atoms with Crippen LogP contribution in [0.15, 0.2) is 0 Å². The molecule has 4 atom stereocenters. The van der Waals surface area contributed by atoms with Gasteiger partial charge in [-0.05, 0) is 24.7 Å². The van der Waals surface area contributed by atoms with Crippen molar-refractivity contribution in [1.29, 1.82) is 0 Å². The van der Waals surface area contributed by atoms with E-state index in [1.54, 1.807) is 0 Å². The number of aliphatic hydroxyl groups is 3. The highest BCUT2D eigenvalue weighted by atomic mass is 16.4. The predicted octanol–water partition coefficient (Wildman–Crippen LogP) is -1.56. The topological polar surface area (TPSA) is 86.7 Å². The fourth-order valence-electron chi connectivity index (χ4n) is 2.64. The molecule has 5 N–H and O–H groups in total. The molecule has 4 unspecified atom stereocenters. The van der Waals surface area contributed by atoms with Crippen molar-refractivity contribution in [2.45, 2.75) is 37.2 Å². The summed E-state index contributed by atoms with van der Waals surface area (Å²) in [5.74, 6) is 0.00926. The van der Waals surface area contributed by atoms with E-state index in [0.29, 0.717) is 0 Å². The number of fused-ring (bicyclic) bond motifs is 1. The Kier molecular flexibility index (Phi) is 1.88. The first-order valence-electron chi connectivity index (χ1n) is 4.41. The van der Waals surface area contributed by atoms with Crippen LogP contribution in [0.3, 0.4) is 0 Å². The van der Waals surface area contributed by atoms with Gasteiger partial charge in [0.05, 0.1) is 12.2 Å². The average Bonchev–Trinajstić information content (AvgIpc) is 2.49. The van der Waals surface area contributed by atoms with Crippen LogP contribution in [0.2, 0.25) is 0 Å². The van der Waals surface area contributed by atoms with E-state index in [2.05, 4.69) is 0 Å². The molecule has 0 aromatic heterocycles. The quantitative estimate of drug-likeness (QED) is 0.357. The first-order valence-corrected chi connectivity index (χ1v) is 4.41. The zero-order chi connectivity index (χ0) is 8.88. The maximum Gasteiger partial charge on any atom is 0.106 e. The average molecular weight is 173 g/mol. The second kappa shape index (κ2) is 2.67. The number of rotatable bonds is 0. The standard InChI is InChI=1S/C8H15NO3/c9-3-1-4-5(2-3)7(11)8(12)6(4)10/h3-8,10-12H,1-2,9H2. The van der Waals surface area contributed by atoms with Gasteiger partial charge in [-0.2, -0.15) is 0 Å². The van der Waals surface area contributed by atoms with E-state index in [1.165, 1.54) is 0 Å². The first kappa shape index (κ1) is 8.44. The normalized spacial score (nSPS) is 59.0. The van der Waals surface area contributed by atoms with E-state index in [1.807, 2.05) is 0 Å². The monoisotopic (exact) mass is 173 g/mol. The van der Waals surface area contributed by atoms with Gasteiger partial charge in [-0.15, -0.1) is 0 Å². The Labute approximate surface area is 71.0 Å². The molecule has 0 saturated heterocycles. The van der Waals surface area contributed by atoms with Crippen LogP contribution in [0.25, 0.3) is 0 Å². The Balaban J connectivity index is 2.15. The lowest BCUT2D eigenvalue weighted by Crippen LogP contribution is -2.33. The molecule has 2 aliphatic carbocycles. The number of nitrogens with two attached hydrogens (primary N) is 1. The van der Waals surface area contributed by atoms with E-state index in [-0.39, 0.29) is 17.9 Å². The predicted molar refractivity (Wildman–Crippen MR) is 42.2 cm³/mol. The van der Waals surface area contributed by atoms with Crippen molar-refractivity contribution in [3.63, 3.8) is 0 Å². The van der Waals surface area contributed by atoms with Gasteiger partial charge in [-0.1, -0.05) is 0 Å². The summed E-state index contributed by atoms with van der Waals surface area (Å²) in [6, 6.07) is 0.0804. The zero-order valence-electron chi connectivity index (χ0n) is 6.80. The molecule has 2 rings (SSSR count). The lowest BCUT2D eigenvalue weighted by Gasteiger charge is -2.15. The highest BCUT2D eigenvalue weighted by Gasteiger charge is 2.52. The van der Waals surface area contributed by atoms with E-state index in [4.69, 9.17) is 5.73 Å². The summed E-state index contributed by atoms with van der Waals surface area (Å²) in [6.45, 7) is 0. The summed E-state index contributed by atoms with van der Waals surface area (Å²) in [6.07, 6.45) is -1.08. The van der Waals surface area contributed by atoms with E-state index in [9.17, 15) is 15.3 Å². The number of aliphatic hydroxyl groups excluding tert-OH is 3. The number of hydrogen-bond acceptors (Lipinski definition) is 4. The molecule has 2 saturated carbocycles. The van der Waals surface area contributed by atoms with Crippen LogP contribution in [-0.2, 0) is 0 Å². The molecule has 0 aliphatic heterocycles. The second-order valence-corrected chi connectivity index (χ2v) is 4.03. The van der Waals surface area contributed by atoms with Crippen molar-refractivity contribution in [2.24, 2.45) is 17.6 Å². The van der Waals surface area contributed by atoms with Gasteiger partial charge in [-0.25, -0.2) is 0 Å². The van der Waals surface area contributed by atoms with Crippen LogP contribution < -0.4 is 5.73 Å². The van der Waals surface area contributed by atoms with E-state index < -0.39 is 18.3 Å². The molecule has 0 aromatic carbocycles. The summed E-state index contributed by atoms with van der Waals surface area (Å²) in [4.78, 5) is 0. The molecule has 4 heteroatoms. The molecule has 2 aliphatic rings. The SMILES string of the molecule is NC1CC2C(O)C(O)C(O)C2C1. The zero-order valence-corrected chi connectivity index (χ0v) is 6.80. The van der Waals surface area contributed by atoms with Crippen LogP contribution >= 0.6 is 0 Å². The Morgan fingerprint density at radius 3 is 1.67 bits per heavy atom. The smallest absolute Gasteiger partial charge is 0.106 e. The maximum absolute atomic E-state index is 9.49. The lowest BCUT2D eigenvalue weighted by atomic mass is 9.98. The summed E-state index contributed by atoms with van der Waals surface area (Å²) < 4.78 is 0. The molecule has 12 heavy (non-hydrogen) atoms. The highest BCUT2D eigenvalue weighted by molar-refractivity contribution is 5.03. The minimum Gasteiger partial charge on any atom is -0.390 e. The van der Waals surface area contributed by atoms with E-state index in [0.717, 1.165) is 12.8 Å². The second-order valence-electron chi connectivity index (χ2n) is 4.03. The molecule has 2 fully saturated rings. The molecule has 0 heterocycles. The van der Waals surface area contributed by atoms with Gasteiger partial charge in [-0.3, -0.25) is 0 Å². The van der Waals surface area contributed by atoms with Crippen LogP contribution in [0, 0.1) is 11.8 Å². The van der Waals surface area contributed by atoms with Gasteiger partial charge in [0.15, 0.2) is 0 Å². The minimum atomic E-state index is -0.965. The Hall–Kier alpha value is -0.160. The van der Waals surface area contributed by atoms with Crippen molar-refractivity contribution < 1.29 is 15.3 Å². The molecular weight excluding hydrogens is 158 g/mol. The van der Waals surface area contributed by atoms with Gasteiger partial charge in [0.2, 0.25) is 0 Å². The van der Waals surface area contributed by atoms with Gasteiger partial charge in [0.1, 0.15) is 6.10 Å². The van der Waals surface area contributed by atoms with Gasteiger partial charge in [0, 0.05) is 6.04 Å². The van der Waals surface area contributed by atoms with Crippen molar-refractivity contribution in [1.82, 2.24) is 0 Å². The summed E-state index contributed by atoms with van der Waals surface area (Å²) in [7, 11) is 0. The molecule has 4 nitrogen and oxygen atoms in total. The molecule has 0 amide bonds. The molecule has 0 spiro atoms. The third-order valence-corrected chi connectivity index (χ3v) is 3.28. The van der Waals surface area contributed by atoms with Crippen LogP contribution in [0.1, 0.15) is 12.8 Å². The van der Waals surface area contributed by atoms with Crippen molar-refractivity contribution >= 4 is 0 Å². The van der Waals surface area contributed by atoms with E-state index >= 15 is 0 Å². The third-order valence-electron chi connectivity index (χ3n) is 3.28. The van der Waals surface area contributed by atoms with Gasteiger partial charge >= 0.3 is 0 Å². The molecular formula is C8H15NO3. The Morgan fingerprint density at radius 1 is 0.833 bits per heavy atom. The van der Waals surface area contributed by atoms with Crippen molar-refractivity contribution in [2.75, 3.05) is 0 Å². The lowest BCUT2D eigenvalue weighted by molar-refractivity contribution is -0.0332. The van der Waals surface area contributed by atoms with Crippen molar-refractivity contribution in [3.05, 3.63) is 0 Å². The first-order chi connectivity index (χ1) is 5.61. The summed E-state index contributed by atoms with van der Waals surface area (Å²) in [5, 5.41) is 28.3. The summed E-state index contributed by atoms with van der Waals surface area (Å²) in [5.41, 5.74) is 5.69. The van der Waals surface area contributed by atoms with Crippen LogP contribution in [0.5, 0.6) is 0 Å². The Bertz CT molecular complexity index is 169. The molecule has 0 bridgehead atoms. The minimum absolute atomic E-state index is 0.00463. The highest BCUT2D eigenvalue weighted by Crippen LogP contribution is 2.43. The van der Waals surface area contributed by atoms with Crippen LogP contribution in [-0.4, -0.2) is 39.7 Å².